The summed E-state index contributed by atoms with van der Waals surface area (Å²) in [6.07, 6.45) is 3.22. The summed E-state index contributed by atoms with van der Waals surface area (Å²) in [7, 11) is 0. The smallest absolute Gasteiger partial charge is 0.222 e. The predicted octanol–water partition coefficient (Wildman–Crippen LogP) is 0.359. The van der Waals surface area contributed by atoms with E-state index in [0.29, 0.717) is 38.3 Å². The van der Waals surface area contributed by atoms with E-state index in [1.807, 2.05) is 11.8 Å². The Morgan fingerprint density at radius 1 is 1.50 bits per heavy atom. The highest BCUT2D eigenvalue weighted by Gasteiger charge is 2.30. The summed E-state index contributed by atoms with van der Waals surface area (Å²) in [4.78, 5) is 13.9. The topological polar surface area (TPSA) is 52.6 Å². The number of aliphatic hydroxyl groups is 1. The standard InChI is InChI=1S/C12H22N2O2/c1-12(16)3-6-14(7-4-12)11(15)8-10-2-5-13-9-10/h10,13,16H,2-9H2,1H3. The van der Waals surface area contributed by atoms with Crippen molar-refractivity contribution in [2.24, 2.45) is 5.92 Å². The highest BCUT2D eigenvalue weighted by Crippen LogP contribution is 2.23. The molecule has 2 saturated heterocycles. The lowest BCUT2D eigenvalue weighted by Crippen LogP contribution is -2.45. The molecular weight excluding hydrogens is 204 g/mol. The van der Waals surface area contributed by atoms with Crippen LogP contribution in [-0.2, 0) is 4.79 Å². The number of rotatable bonds is 2. The average Bonchev–Trinajstić information content (AvgIpc) is 2.70. The molecule has 1 amide bonds. The minimum Gasteiger partial charge on any atom is -0.390 e. The summed E-state index contributed by atoms with van der Waals surface area (Å²) in [5.74, 6) is 0.791. The molecule has 16 heavy (non-hydrogen) atoms. The van der Waals surface area contributed by atoms with Gasteiger partial charge in [0.1, 0.15) is 0 Å². The lowest BCUT2D eigenvalue weighted by molar-refractivity contribution is -0.135. The van der Waals surface area contributed by atoms with Gasteiger partial charge in [0.05, 0.1) is 5.60 Å². The fraction of sp³-hybridized carbons (Fsp3) is 0.917. The SMILES string of the molecule is CC1(O)CCN(C(=O)CC2CCNC2)CC1. The third-order valence-electron chi connectivity index (χ3n) is 3.82. The van der Waals surface area contributed by atoms with Crippen molar-refractivity contribution in [1.82, 2.24) is 10.2 Å². The first-order valence-electron chi connectivity index (χ1n) is 6.28. The molecule has 2 fully saturated rings. The third kappa shape index (κ3) is 2.95. The van der Waals surface area contributed by atoms with Crippen molar-refractivity contribution in [3.63, 3.8) is 0 Å². The number of carbonyl (C=O) groups is 1. The van der Waals surface area contributed by atoms with Gasteiger partial charge in [-0.3, -0.25) is 4.79 Å². The summed E-state index contributed by atoms with van der Waals surface area (Å²) < 4.78 is 0. The van der Waals surface area contributed by atoms with Gasteiger partial charge in [0.25, 0.3) is 0 Å². The van der Waals surface area contributed by atoms with E-state index in [4.69, 9.17) is 0 Å². The Hall–Kier alpha value is -0.610. The first-order valence-corrected chi connectivity index (χ1v) is 6.28. The van der Waals surface area contributed by atoms with Gasteiger partial charge in [-0.05, 0) is 45.2 Å². The largest absolute Gasteiger partial charge is 0.390 e. The van der Waals surface area contributed by atoms with Crippen LogP contribution in [0.3, 0.4) is 0 Å². The Morgan fingerprint density at radius 2 is 2.19 bits per heavy atom. The van der Waals surface area contributed by atoms with Gasteiger partial charge in [-0.15, -0.1) is 0 Å². The Labute approximate surface area is 97.0 Å². The number of nitrogens with one attached hydrogen (secondary N) is 1. The molecule has 4 heteroatoms. The Kier molecular flexibility index (Phi) is 3.50. The maximum atomic E-state index is 12.0. The van der Waals surface area contributed by atoms with Gasteiger partial charge < -0.3 is 15.3 Å². The van der Waals surface area contributed by atoms with Crippen LogP contribution in [0.1, 0.15) is 32.6 Å². The molecule has 92 valence electrons. The first kappa shape index (κ1) is 11.9. The highest BCUT2D eigenvalue weighted by atomic mass is 16.3. The number of hydrogen-bond acceptors (Lipinski definition) is 3. The first-order chi connectivity index (χ1) is 7.57. The van der Waals surface area contributed by atoms with Crippen molar-refractivity contribution in [1.29, 1.82) is 0 Å². The molecule has 1 atom stereocenters. The normalized spacial score (nSPS) is 29.4. The highest BCUT2D eigenvalue weighted by molar-refractivity contribution is 5.76. The third-order valence-corrected chi connectivity index (χ3v) is 3.82. The second kappa shape index (κ2) is 4.72. The van der Waals surface area contributed by atoms with E-state index in [1.165, 1.54) is 0 Å². The van der Waals surface area contributed by atoms with Crippen molar-refractivity contribution >= 4 is 5.91 Å². The molecular formula is C12H22N2O2. The quantitative estimate of drug-likeness (QED) is 0.715. The van der Waals surface area contributed by atoms with E-state index >= 15 is 0 Å². The van der Waals surface area contributed by atoms with Crippen LogP contribution >= 0.6 is 0 Å². The summed E-state index contributed by atoms with van der Waals surface area (Å²) in [6.45, 7) is 5.32. The molecule has 0 spiro atoms. The molecule has 2 rings (SSSR count). The van der Waals surface area contributed by atoms with Crippen LogP contribution in [0.5, 0.6) is 0 Å². The lowest BCUT2D eigenvalue weighted by atomic mass is 9.93. The van der Waals surface area contributed by atoms with Crippen LogP contribution in [0.15, 0.2) is 0 Å². The van der Waals surface area contributed by atoms with Gasteiger partial charge in [0, 0.05) is 19.5 Å². The Morgan fingerprint density at radius 3 is 2.75 bits per heavy atom. The van der Waals surface area contributed by atoms with E-state index in [-0.39, 0.29) is 5.91 Å². The monoisotopic (exact) mass is 226 g/mol. The summed E-state index contributed by atoms with van der Waals surface area (Å²) in [6, 6.07) is 0. The van der Waals surface area contributed by atoms with Gasteiger partial charge in [-0.1, -0.05) is 0 Å². The van der Waals surface area contributed by atoms with Crippen molar-refractivity contribution in [2.75, 3.05) is 26.2 Å². The van der Waals surface area contributed by atoms with Gasteiger partial charge in [-0.25, -0.2) is 0 Å². The fourth-order valence-electron chi connectivity index (χ4n) is 2.50. The minimum absolute atomic E-state index is 0.268. The number of likely N-dealkylation sites (tertiary alicyclic amines) is 1. The molecule has 0 aromatic carbocycles. The molecule has 2 N–H and O–H groups in total. The van der Waals surface area contributed by atoms with Gasteiger partial charge in [0.2, 0.25) is 5.91 Å². The molecule has 2 heterocycles. The van der Waals surface area contributed by atoms with Gasteiger partial charge in [-0.2, -0.15) is 0 Å². The van der Waals surface area contributed by atoms with Gasteiger partial charge in [0.15, 0.2) is 0 Å². The summed E-state index contributed by atoms with van der Waals surface area (Å²) in [5, 5.41) is 13.1. The average molecular weight is 226 g/mol. The predicted molar refractivity (Wildman–Crippen MR) is 62.0 cm³/mol. The van der Waals surface area contributed by atoms with Crippen molar-refractivity contribution in [3.05, 3.63) is 0 Å². The van der Waals surface area contributed by atoms with Crippen LogP contribution in [-0.4, -0.2) is 47.7 Å². The van der Waals surface area contributed by atoms with Crippen LogP contribution in [0.25, 0.3) is 0 Å². The zero-order valence-corrected chi connectivity index (χ0v) is 10.0. The number of hydrogen-bond donors (Lipinski definition) is 2. The molecule has 0 radical (unpaired) electrons. The number of piperidine rings is 1. The van der Waals surface area contributed by atoms with Crippen LogP contribution in [0, 0.1) is 5.92 Å². The molecule has 2 aliphatic rings. The second-order valence-electron chi connectivity index (χ2n) is 5.44. The zero-order valence-electron chi connectivity index (χ0n) is 10.0. The van der Waals surface area contributed by atoms with E-state index in [2.05, 4.69) is 5.32 Å². The molecule has 0 saturated carbocycles. The molecule has 0 aromatic heterocycles. The van der Waals surface area contributed by atoms with Crippen LogP contribution in [0.2, 0.25) is 0 Å². The Balaban J connectivity index is 1.77. The van der Waals surface area contributed by atoms with E-state index in [9.17, 15) is 9.90 Å². The molecule has 2 aliphatic heterocycles. The maximum absolute atomic E-state index is 12.0. The van der Waals surface area contributed by atoms with Crippen molar-refractivity contribution < 1.29 is 9.90 Å². The molecule has 0 aromatic rings. The van der Waals surface area contributed by atoms with Crippen LogP contribution in [0.4, 0.5) is 0 Å². The summed E-state index contributed by atoms with van der Waals surface area (Å²) >= 11 is 0. The van der Waals surface area contributed by atoms with E-state index < -0.39 is 5.60 Å². The molecule has 0 bridgehead atoms. The molecule has 0 aliphatic carbocycles. The number of nitrogens with zero attached hydrogens (tertiary/aromatic N) is 1. The Bertz CT molecular complexity index is 250. The van der Waals surface area contributed by atoms with Crippen LogP contribution < -0.4 is 5.32 Å². The van der Waals surface area contributed by atoms with E-state index in [1.54, 1.807) is 0 Å². The van der Waals surface area contributed by atoms with Crippen molar-refractivity contribution in [2.45, 2.75) is 38.2 Å². The molecule has 4 nitrogen and oxygen atoms in total. The van der Waals surface area contributed by atoms with E-state index in [0.717, 1.165) is 19.5 Å². The van der Waals surface area contributed by atoms with Gasteiger partial charge >= 0.3 is 0 Å². The fourth-order valence-corrected chi connectivity index (χ4v) is 2.50. The summed E-state index contributed by atoms with van der Waals surface area (Å²) in [5.41, 5.74) is -0.564. The number of amides is 1. The maximum Gasteiger partial charge on any atom is 0.222 e. The lowest BCUT2D eigenvalue weighted by Gasteiger charge is -2.36. The number of carbonyl (C=O) groups excluding carboxylic acids is 1. The second-order valence-corrected chi connectivity index (χ2v) is 5.44. The molecule has 1 unspecified atom stereocenters. The van der Waals surface area contributed by atoms with Crippen molar-refractivity contribution in [3.8, 4) is 0 Å². The zero-order chi connectivity index (χ0) is 11.6. The minimum atomic E-state index is -0.564.